The van der Waals surface area contributed by atoms with Crippen LogP contribution in [-0.4, -0.2) is 11.3 Å². The minimum absolute atomic E-state index is 0.220. The molecule has 0 saturated heterocycles. The zero-order valence-corrected chi connectivity index (χ0v) is 18.0. The first kappa shape index (κ1) is 17.4. The third-order valence-electron chi connectivity index (χ3n) is 3.39. The van der Waals surface area contributed by atoms with Crippen LogP contribution in [0, 0.1) is 5.92 Å². The molecule has 21 heavy (non-hydrogen) atoms. The van der Waals surface area contributed by atoms with Crippen LogP contribution in [0.1, 0.15) is 20.3 Å². The number of thioether (sulfide) groups is 1. The minimum atomic E-state index is -1.04. The van der Waals surface area contributed by atoms with Gasteiger partial charge in [-0.05, 0) is 9.43 Å². The summed E-state index contributed by atoms with van der Waals surface area (Å²) in [5, 5.41) is 0. The third-order valence-corrected chi connectivity index (χ3v) is 11.1. The fourth-order valence-electron chi connectivity index (χ4n) is 2.30. The summed E-state index contributed by atoms with van der Waals surface area (Å²) in [6.07, 6.45) is 17.1. The van der Waals surface area contributed by atoms with Gasteiger partial charge in [0.1, 0.15) is 0 Å². The average molecular weight is 393 g/mol. The van der Waals surface area contributed by atoms with E-state index >= 15 is 0 Å². The van der Waals surface area contributed by atoms with Gasteiger partial charge in [-0.15, -0.1) is 11.8 Å². The van der Waals surface area contributed by atoms with Crippen LogP contribution in [0.5, 0.6) is 0 Å². The number of hydrogen-bond acceptors (Lipinski definition) is 1. The Labute approximate surface area is 146 Å². The quantitative estimate of drug-likeness (QED) is 0.544. The Morgan fingerprint density at radius 2 is 1.95 bits per heavy atom. The van der Waals surface area contributed by atoms with Crippen LogP contribution in [0.3, 0.4) is 0 Å². The predicted molar refractivity (Wildman–Crippen MR) is 97.9 cm³/mol. The maximum absolute atomic E-state index is 2.45. The van der Waals surface area contributed by atoms with E-state index in [1.807, 2.05) is 11.8 Å². The zero-order valence-electron chi connectivity index (χ0n) is 13.7. The van der Waals surface area contributed by atoms with Crippen LogP contribution < -0.4 is 0 Å². The second-order valence-corrected chi connectivity index (χ2v) is 18.0. The van der Waals surface area contributed by atoms with E-state index in [0.29, 0.717) is 5.92 Å². The van der Waals surface area contributed by atoms with E-state index in [0.717, 1.165) is 0 Å². The molecule has 1 aliphatic heterocycles. The molecule has 1 unspecified atom stereocenters. The molecule has 0 nitrogen and oxygen atoms in total. The Morgan fingerprint density at radius 3 is 2.48 bits per heavy atom. The standard InChI is InChI=1S/C10H14SSi.C5H5.C3H6.Zr/c1-12(2,3)10-7-8-5-4-6-9(8)11-10;1-2-4-5-3-1;1-3-2;/h4-8H,1-3H3;1-3H,4H2;1-2H3;. The summed E-state index contributed by atoms with van der Waals surface area (Å²) in [6, 6.07) is 0. The Morgan fingerprint density at radius 1 is 1.19 bits per heavy atom. The molecule has 3 heteroatoms. The molecule has 0 bridgehead atoms. The van der Waals surface area contributed by atoms with Crippen molar-refractivity contribution in [1.82, 2.24) is 0 Å². The van der Waals surface area contributed by atoms with Gasteiger partial charge >= 0.3 is 67.7 Å². The van der Waals surface area contributed by atoms with Crippen LogP contribution in [-0.2, 0) is 22.8 Å². The Kier molecular flexibility index (Phi) is 6.23. The van der Waals surface area contributed by atoms with Crippen molar-refractivity contribution in [3.63, 3.8) is 0 Å². The van der Waals surface area contributed by atoms with Gasteiger partial charge in [0.15, 0.2) is 0 Å². The first-order chi connectivity index (χ1) is 9.86. The minimum Gasteiger partial charge on any atom is -0.103 e. The molecule has 0 aromatic heterocycles. The fourth-order valence-corrected chi connectivity index (χ4v) is 8.02. The molecule has 0 spiro atoms. The first-order valence-corrected chi connectivity index (χ1v) is 14.3. The van der Waals surface area contributed by atoms with Gasteiger partial charge < -0.3 is 0 Å². The molecule has 0 aromatic carbocycles. The summed E-state index contributed by atoms with van der Waals surface area (Å²) >= 11 is 1.79. The van der Waals surface area contributed by atoms with E-state index in [4.69, 9.17) is 0 Å². The first-order valence-electron chi connectivity index (χ1n) is 7.57. The Bertz CT molecular complexity index is 579. The van der Waals surface area contributed by atoms with E-state index in [9.17, 15) is 0 Å². The van der Waals surface area contributed by atoms with Crippen LogP contribution in [0.25, 0.3) is 0 Å². The Balaban J connectivity index is 0.000000161. The van der Waals surface area contributed by atoms with E-state index in [1.165, 1.54) is 11.3 Å². The second kappa shape index (κ2) is 7.53. The van der Waals surface area contributed by atoms with Crippen molar-refractivity contribution in [2.24, 2.45) is 5.92 Å². The van der Waals surface area contributed by atoms with Gasteiger partial charge in [0.05, 0.1) is 8.07 Å². The maximum Gasteiger partial charge on any atom is 0.0858 e. The zero-order chi connectivity index (χ0) is 15.5. The van der Waals surface area contributed by atoms with Crippen LogP contribution in [0.15, 0.2) is 55.2 Å². The maximum atomic E-state index is 2.45. The van der Waals surface area contributed by atoms with Crippen LogP contribution in [0.4, 0.5) is 0 Å². The monoisotopic (exact) mass is 391 g/mol. The van der Waals surface area contributed by atoms with Gasteiger partial charge in [-0.25, -0.2) is 0 Å². The molecule has 0 N–H and O–H groups in total. The van der Waals surface area contributed by atoms with Gasteiger partial charge in [0.2, 0.25) is 0 Å². The SMILES string of the molecule is C[C](C)=[Zr][C]1=CC=CC1.C[Si](C)(C)C1=CC2C=CC=C2S1. The van der Waals surface area contributed by atoms with Crippen molar-refractivity contribution in [3.8, 4) is 0 Å². The van der Waals surface area contributed by atoms with Crippen molar-refractivity contribution in [2.75, 3.05) is 0 Å². The Hall–Kier alpha value is 0.0200. The van der Waals surface area contributed by atoms with E-state index in [2.05, 4.69) is 76.0 Å². The summed E-state index contributed by atoms with van der Waals surface area (Å²) in [4.78, 5) is 1.53. The van der Waals surface area contributed by atoms with E-state index in [1.54, 1.807) is 11.0 Å². The molecule has 1 atom stereocenters. The average Bonchev–Trinajstić information content (AvgIpc) is 3.01. The number of allylic oxidation sites excluding steroid dienone is 9. The molecule has 111 valence electrons. The molecule has 0 fully saturated rings. The molecule has 3 rings (SSSR count). The molecule has 0 saturated carbocycles. The topological polar surface area (TPSA) is 0 Å². The van der Waals surface area contributed by atoms with Gasteiger partial charge in [-0.1, -0.05) is 43.9 Å². The second-order valence-electron chi connectivity index (χ2n) is 6.81. The molecule has 0 amide bonds. The number of hydrogen-bond donors (Lipinski definition) is 0. The summed E-state index contributed by atoms with van der Waals surface area (Å²) in [7, 11) is -1.04. The van der Waals surface area contributed by atoms with Crippen molar-refractivity contribution in [3.05, 3.63) is 55.2 Å². The number of fused-ring (bicyclic) bond motifs is 1. The molecule has 2 aliphatic carbocycles. The van der Waals surface area contributed by atoms with E-state index in [-0.39, 0.29) is 22.8 Å². The van der Waals surface area contributed by atoms with Crippen molar-refractivity contribution >= 4 is 23.0 Å². The van der Waals surface area contributed by atoms with Crippen molar-refractivity contribution < 1.29 is 22.8 Å². The summed E-state index contributed by atoms with van der Waals surface area (Å²) in [5.74, 6) is 0.636. The van der Waals surface area contributed by atoms with Gasteiger partial charge in [0, 0.05) is 5.92 Å². The van der Waals surface area contributed by atoms with Crippen molar-refractivity contribution in [2.45, 2.75) is 39.9 Å². The van der Waals surface area contributed by atoms with Gasteiger partial charge in [0.25, 0.3) is 0 Å². The van der Waals surface area contributed by atoms with Crippen LogP contribution >= 0.6 is 11.8 Å². The summed E-state index contributed by atoms with van der Waals surface area (Å²) in [6.45, 7) is 11.8. The van der Waals surface area contributed by atoms with Crippen LogP contribution in [0.2, 0.25) is 19.6 Å². The molecule has 0 radical (unpaired) electrons. The van der Waals surface area contributed by atoms with Gasteiger partial charge in [-0.2, -0.15) is 0 Å². The molecular weight excluding hydrogens is 368 g/mol. The molecule has 0 aromatic rings. The third kappa shape index (κ3) is 5.30. The van der Waals surface area contributed by atoms with E-state index < -0.39 is 8.07 Å². The van der Waals surface area contributed by atoms with Crippen molar-refractivity contribution in [1.29, 1.82) is 0 Å². The molecule has 1 heterocycles. The predicted octanol–water partition coefficient (Wildman–Crippen LogP) is 5.69. The summed E-state index contributed by atoms with van der Waals surface area (Å²) < 4.78 is 5.05. The smallest absolute Gasteiger partial charge is 0.0858 e. The number of rotatable bonds is 2. The summed E-state index contributed by atoms with van der Waals surface area (Å²) in [5.41, 5.74) is 0. The molecule has 3 aliphatic rings. The van der Waals surface area contributed by atoms with Gasteiger partial charge in [-0.3, -0.25) is 0 Å². The molecular formula is C18H25SSiZr. The largest absolute Gasteiger partial charge is 0.103 e. The normalized spacial score (nSPS) is 22.0. The fraction of sp³-hybridized carbons (Fsp3) is 0.389.